The summed E-state index contributed by atoms with van der Waals surface area (Å²) >= 11 is 0. The van der Waals surface area contributed by atoms with Gasteiger partial charge >= 0.3 is 0 Å². The first kappa shape index (κ1) is 17.5. The highest BCUT2D eigenvalue weighted by Gasteiger charge is 2.17. The third-order valence-corrected chi connectivity index (χ3v) is 3.78. The Bertz CT molecular complexity index is 678. The van der Waals surface area contributed by atoms with Crippen molar-refractivity contribution in [2.45, 2.75) is 39.7 Å². The van der Waals surface area contributed by atoms with Gasteiger partial charge in [0.25, 0.3) is 0 Å². The lowest BCUT2D eigenvalue weighted by Crippen LogP contribution is -2.09. The molecule has 0 fully saturated rings. The molecule has 2 rings (SSSR count). The van der Waals surface area contributed by atoms with Gasteiger partial charge in [-0.25, -0.2) is 4.39 Å². The normalized spacial score (nSPS) is 11.1. The minimum absolute atomic E-state index is 0.00788. The smallest absolute Gasteiger partial charge is 0.162 e. The molecular weight excluding hydrogens is 297 g/mol. The van der Waals surface area contributed by atoms with Crippen molar-refractivity contribution >= 4 is 16.7 Å². The third-order valence-electron chi connectivity index (χ3n) is 3.78. The Labute approximate surface area is 136 Å². The van der Waals surface area contributed by atoms with Crippen LogP contribution in [-0.4, -0.2) is 30.7 Å². The number of fused-ring (bicyclic) bond motifs is 1. The van der Waals surface area contributed by atoms with Crippen LogP contribution < -0.4 is 4.74 Å². The van der Waals surface area contributed by atoms with Gasteiger partial charge in [-0.3, -0.25) is 4.79 Å². The maximum Gasteiger partial charge on any atom is 0.162 e. The van der Waals surface area contributed by atoms with Crippen molar-refractivity contribution in [2.24, 2.45) is 0 Å². The number of unbranched alkanes of at least 4 members (excludes halogenated alkanes) is 1. The highest BCUT2D eigenvalue weighted by atomic mass is 19.1. The van der Waals surface area contributed by atoms with Crippen LogP contribution in [0.3, 0.4) is 0 Å². The van der Waals surface area contributed by atoms with E-state index in [1.54, 1.807) is 0 Å². The van der Waals surface area contributed by atoms with Gasteiger partial charge in [-0.2, -0.15) is 0 Å². The Kier molecular flexibility index (Phi) is 6.16. The van der Waals surface area contributed by atoms with Gasteiger partial charge in [0.2, 0.25) is 0 Å². The number of aromatic nitrogens is 1. The molecule has 0 saturated carbocycles. The molecule has 0 aliphatic heterocycles. The fourth-order valence-corrected chi connectivity index (χ4v) is 2.70. The maximum absolute atomic E-state index is 13.9. The molecule has 0 aliphatic carbocycles. The summed E-state index contributed by atoms with van der Waals surface area (Å²) in [5, 5.41) is 0.828. The van der Waals surface area contributed by atoms with E-state index in [9.17, 15) is 9.18 Å². The van der Waals surface area contributed by atoms with Crippen molar-refractivity contribution in [3.8, 4) is 5.75 Å². The van der Waals surface area contributed by atoms with E-state index in [1.165, 1.54) is 19.2 Å². The second-order valence-electron chi connectivity index (χ2n) is 5.59. The molecule has 0 unspecified atom stereocenters. The van der Waals surface area contributed by atoms with Crippen molar-refractivity contribution in [3.05, 3.63) is 29.7 Å². The van der Waals surface area contributed by atoms with Gasteiger partial charge in [0.15, 0.2) is 5.78 Å². The molecule has 0 N–H and O–H groups in total. The van der Waals surface area contributed by atoms with E-state index in [2.05, 4.69) is 6.92 Å². The van der Waals surface area contributed by atoms with Crippen molar-refractivity contribution in [2.75, 3.05) is 20.3 Å². The van der Waals surface area contributed by atoms with Crippen LogP contribution in [0.25, 0.3) is 10.9 Å². The van der Waals surface area contributed by atoms with Gasteiger partial charge < -0.3 is 14.0 Å². The lowest BCUT2D eigenvalue weighted by Gasteiger charge is -2.09. The molecule has 0 saturated heterocycles. The van der Waals surface area contributed by atoms with Crippen molar-refractivity contribution in [1.29, 1.82) is 0 Å². The number of nitrogens with zero attached hydrogens (tertiary/aromatic N) is 1. The molecule has 0 bridgehead atoms. The Balaban J connectivity index is 2.46. The first-order valence-corrected chi connectivity index (χ1v) is 8.05. The van der Waals surface area contributed by atoms with Gasteiger partial charge in [0, 0.05) is 37.7 Å². The van der Waals surface area contributed by atoms with Crippen LogP contribution in [-0.2, 0) is 22.5 Å². The van der Waals surface area contributed by atoms with E-state index >= 15 is 0 Å². The summed E-state index contributed by atoms with van der Waals surface area (Å²) in [6.45, 7) is 5.38. The molecular formula is C18H24FNO3. The summed E-state index contributed by atoms with van der Waals surface area (Å²) in [7, 11) is 1.50. The van der Waals surface area contributed by atoms with Crippen LogP contribution in [0.4, 0.5) is 4.39 Å². The number of benzene rings is 1. The fourth-order valence-electron chi connectivity index (χ4n) is 2.70. The second-order valence-corrected chi connectivity index (χ2v) is 5.59. The number of Topliss-reactive ketones (excluding diaryl/α,β-unsaturated/α-hetero) is 1. The zero-order chi connectivity index (χ0) is 16.8. The molecule has 1 aromatic carbocycles. The SMILES string of the molecule is CCCCOc1cc(F)cc2c1c(CC(=O)COC)cn2CC. The molecule has 1 aromatic heterocycles. The molecule has 5 heteroatoms. The van der Waals surface area contributed by atoms with E-state index in [4.69, 9.17) is 9.47 Å². The number of methoxy groups -OCH3 is 1. The third kappa shape index (κ3) is 4.10. The van der Waals surface area contributed by atoms with Crippen LogP contribution in [0.15, 0.2) is 18.3 Å². The molecule has 0 spiro atoms. The standard InChI is InChI=1S/C18H24FNO3/c1-4-6-7-23-17-10-14(19)9-16-18(17)13(11-20(16)5-2)8-15(21)12-22-3/h9-11H,4-8,12H2,1-3H3. The highest BCUT2D eigenvalue weighted by Crippen LogP contribution is 2.33. The van der Waals surface area contributed by atoms with Gasteiger partial charge in [-0.05, 0) is 25.0 Å². The van der Waals surface area contributed by atoms with Gasteiger partial charge in [-0.15, -0.1) is 0 Å². The van der Waals surface area contributed by atoms with E-state index in [0.29, 0.717) is 18.9 Å². The molecule has 0 radical (unpaired) electrons. The molecule has 1 heterocycles. The Morgan fingerprint density at radius 2 is 2.09 bits per heavy atom. The number of halogens is 1. The average molecular weight is 321 g/mol. The summed E-state index contributed by atoms with van der Waals surface area (Å²) in [6.07, 6.45) is 4.08. The highest BCUT2D eigenvalue weighted by molar-refractivity contribution is 5.94. The summed E-state index contributed by atoms with van der Waals surface area (Å²) in [6, 6.07) is 2.90. The minimum Gasteiger partial charge on any atom is -0.493 e. The number of hydrogen-bond donors (Lipinski definition) is 0. The summed E-state index contributed by atoms with van der Waals surface area (Å²) in [5.74, 6) is 0.180. The number of carbonyl (C=O) groups excluding carboxylic acids is 1. The first-order chi connectivity index (χ1) is 11.1. The number of carbonyl (C=O) groups is 1. The zero-order valence-corrected chi connectivity index (χ0v) is 14.0. The topological polar surface area (TPSA) is 40.5 Å². The predicted molar refractivity (Wildman–Crippen MR) is 88.6 cm³/mol. The molecule has 126 valence electrons. The Morgan fingerprint density at radius 3 is 2.74 bits per heavy atom. The summed E-state index contributed by atoms with van der Waals surface area (Å²) in [5.41, 5.74) is 1.62. The zero-order valence-electron chi connectivity index (χ0n) is 14.0. The monoisotopic (exact) mass is 321 g/mol. The van der Waals surface area contributed by atoms with Crippen LogP contribution >= 0.6 is 0 Å². The number of ketones is 1. The van der Waals surface area contributed by atoms with E-state index in [0.717, 1.165) is 29.3 Å². The van der Waals surface area contributed by atoms with Gasteiger partial charge in [-0.1, -0.05) is 13.3 Å². The first-order valence-electron chi connectivity index (χ1n) is 8.05. The minimum atomic E-state index is -0.327. The van der Waals surface area contributed by atoms with E-state index < -0.39 is 0 Å². The molecule has 2 aromatic rings. The van der Waals surface area contributed by atoms with Crippen molar-refractivity contribution in [3.63, 3.8) is 0 Å². The Morgan fingerprint density at radius 1 is 1.30 bits per heavy atom. The van der Waals surface area contributed by atoms with E-state index in [-0.39, 0.29) is 24.6 Å². The lowest BCUT2D eigenvalue weighted by molar-refractivity contribution is -0.121. The van der Waals surface area contributed by atoms with Crippen LogP contribution in [0.2, 0.25) is 0 Å². The van der Waals surface area contributed by atoms with Gasteiger partial charge in [0.05, 0.1) is 12.1 Å². The largest absolute Gasteiger partial charge is 0.493 e. The number of aryl methyl sites for hydroxylation is 1. The predicted octanol–water partition coefficient (Wildman–Crippen LogP) is 3.74. The van der Waals surface area contributed by atoms with Gasteiger partial charge in [0.1, 0.15) is 18.2 Å². The summed E-state index contributed by atoms with van der Waals surface area (Å²) < 4.78 is 26.6. The van der Waals surface area contributed by atoms with E-state index in [1.807, 2.05) is 17.7 Å². The van der Waals surface area contributed by atoms with Crippen LogP contribution in [0.1, 0.15) is 32.3 Å². The quantitative estimate of drug-likeness (QED) is 0.661. The Hall–Kier alpha value is -1.88. The molecule has 0 atom stereocenters. The number of hydrogen-bond acceptors (Lipinski definition) is 3. The maximum atomic E-state index is 13.9. The van der Waals surface area contributed by atoms with Crippen molar-refractivity contribution in [1.82, 2.24) is 4.57 Å². The lowest BCUT2D eigenvalue weighted by atomic mass is 10.1. The second kappa shape index (κ2) is 8.11. The molecule has 0 aliphatic rings. The fraction of sp³-hybridized carbons (Fsp3) is 0.500. The molecule has 0 amide bonds. The average Bonchev–Trinajstić information content (AvgIpc) is 2.85. The van der Waals surface area contributed by atoms with Crippen LogP contribution in [0.5, 0.6) is 5.75 Å². The van der Waals surface area contributed by atoms with Crippen molar-refractivity contribution < 1.29 is 18.7 Å². The summed E-state index contributed by atoms with van der Waals surface area (Å²) in [4.78, 5) is 11.9. The number of ether oxygens (including phenoxy) is 2. The molecule has 23 heavy (non-hydrogen) atoms. The number of rotatable bonds is 9. The van der Waals surface area contributed by atoms with Crippen LogP contribution in [0, 0.1) is 5.82 Å². The molecule has 4 nitrogen and oxygen atoms in total.